The zero-order chi connectivity index (χ0) is 19.7. The molecule has 1 amide bonds. The van der Waals surface area contributed by atoms with Gasteiger partial charge in [0.25, 0.3) is 0 Å². The van der Waals surface area contributed by atoms with Crippen LogP contribution in [0.15, 0.2) is 4.99 Å². The molecule has 0 radical (unpaired) electrons. The summed E-state index contributed by atoms with van der Waals surface area (Å²) >= 11 is 0. The van der Waals surface area contributed by atoms with Gasteiger partial charge in [-0.1, -0.05) is 0 Å². The van der Waals surface area contributed by atoms with Crippen LogP contribution in [0.3, 0.4) is 0 Å². The molecule has 0 heterocycles. The average molecular weight is 496 g/mol. The van der Waals surface area contributed by atoms with Crippen LogP contribution in [-0.4, -0.2) is 49.5 Å². The summed E-state index contributed by atoms with van der Waals surface area (Å²) in [4.78, 5) is 15.8. The SMILES string of the molecule is CN=C(NCCCCC(F)(F)F)NCC(C)(C)NC(=O)OC(C)(C)C.I. The van der Waals surface area contributed by atoms with E-state index >= 15 is 0 Å². The summed E-state index contributed by atoms with van der Waals surface area (Å²) in [7, 11) is 1.57. The van der Waals surface area contributed by atoms with Crippen molar-refractivity contribution >= 4 is 36.0 Å². The van der Waals surface area contributed by atoms with Crippen molar-refractivity contribution in [3.63, 3.8) is 0 Å². The Morgan fingerprint density at radius 1 is 1.04 bits per heavy atom. The van der Waals surface area contributed by atoms with Gasteiger partial charge < -0.3 is 20.7 Å². The maximum absolute atomic E-state index is 12.1. The van der Waals surface area contributed by atoms with Crippen LogP contribution in [0.1, 0.15) is 53.9 Å². The summed E-state index contributed by atoms with van der Waals surface area (Å²) < 4.78 is 41.4. The highest BCUT2D eigenvalue weighted by Gasteiger charge is 2.26. The van der Waals surface area contributed by atoms with E-state index in [4.69, 9.17) is 4.74 Å². The molecule has 0 fully saturated rings. The number of ether oxygens (including phenoxy) is 1. The number of guanidine groups is 1. The molecular formula is C16H32F3IN4O2. The summed E-state index contributed by atoms with van der Waals surface area (Å²) in [6.07, 6.45) is -4.96. The standard InChI is InChI=1S/C16H31F3N4O2.HI/c1-14(2,3)25-13(24)23-15(4,5)11-22-12(20-6)21-10-8-7-9-16(17,18)19;/h7-11H2,1-6H3,(H,23,24)(H2,20,21,22);1H. The van der Waals surface area contributed by atoms with E-state index in [2.05, 4.69) is 20.9 Å². The van der Waals surface area contributed by atoms with Crippen molar-refractivity contribution < 1.29 is 22.7 Å². The molecule has 0 aromatic rings. The van der Waals surface area contributed by atoms with Crippen LogP contribution in [0.2, 0.25) is 0 Å². The maximum atomic E-state index is 12.1. The number of nitrogens with zero attached hydrogens (tertiary/aromatic N) is 1. The summed E-state index contributed by atoms with van der Waals surface area (Å²) in [5.74, 6) is 0.464. The summed E-state index contributed by atoms with van der Waals surface area (Å²) in [6, 6.07) is 0. The molecule has 0 saturated carbocycles. The van der Waals surface area contributed by atoms with Crippen molar-refractivity contribution in [3.8, 4) is 0 Å². The van der Waals surface area contributed by atoms with Crippen molar-refractivity contribution in [2.45, 2.75) is 71.2 Å². The summed E-state index contributed by atoms with van der Waals surface area (Å²) in [5, 5.41) is 8.73. The van der Waals surface area contributed by atoms with E-state index in [1.54, 1.807) is 27.8 Å². The third-order valence-electron chi connectivity index (χ3n) is 2.94. The highest BCUT2D eigenvalue weighted by atomic mass is 127. The lowest BCUT2D eigenvalue weighted by Crippen LogP contribution is -2.54. The quantitative estimate of drug-likeness (QED) is 0.217. The summed E-state index contributed by atoms with van der Waals surface area (Å²) in [6.45, 7) is 9.73. The van der Waals surface area contributed by atoms with Gasteiger partial charge in [0.05, 0.1) is 5.54 Å². The van der Waals surface area contributed by atoms with Gasteiger partial charge in [-0.15, -0.1) is 24.0 Å². The van der Waals surface area contributed by atoms with Crippen LogP contribution < -0.4 is 16.0 Å². The molecule has 0 rings (SSSR count). The minimum absolute atomic E-state index is 0. The highest BCUT2D eigenvalue weighted by molar-refractivity contribution is 14.0. The number of amides is 1. The molecule has 0 aliphatic rings. The van der Waals surface area contributed by atoms with Crippen molar-refractivity contribution in [1.82, 2.24) is 16.0 Å². The molecule has 3 N–H and O–H groups in total. The molecule has 10 heteroatoms. The van der Waals surface area contributed by atoms with Gasteiger partial charge in [-0.3, -0.25) is 4.99 Å². The van der Waals surface area contributed by atoms with Crippen LogP contribution in [-0.2, 0) is 4.74 Å². The lowest BCUT2D eigenvalue weighted by molar-refractivity contribution is -0.135. The number of alkyl carbamates (subject to hydrolysis) is 1. The molecule has 156 valence electrons. The molecular weight excluding hydrogens is 464 g/mol. The number of alkyl halides is 3. The number of carbonyl (C=O) groups is 1. The number of hydrogen-bond donors (Lipinski definition) is 3. The number of aliphatic imine (C=N–C) groups is 1. The Morgan fingerprint density at radius 3 is 2.08 bits per heavy atom. The van der Waals surface area contributed by atoms with Crippen LogP contribution in [0.4, 0.5) is 18.0 Å². The first kappa shape index (κ1) is 27.3. The fraction of sp³-hybridized carbons (Fsp3) is 0.875. The van der Waals surface area contributed by atoms with E-state index in [9.17, 15) is 18.0 Å². The van der Waals surface area contributed by atoms with Gasteiger partial charge in [0.2, 0.25) is 0 Å². The van der Waals surface area contributed by atoms with Gasteiger partial charge >= 0.3 is 12.3 Å². The Morgan fingerprint density at radius 2 is 1.62 bits per heavy atom. The third-order valence-corrected chi connectivity index (χ3v) is 2.94. The van der Waals surface area contributed by atoms with Crippen molar-refractivity contribution in [2.75, 3.05) is 20.1 Å². The topological polar surface area (TPSA) is 74.8 Å². The molecule has 0 aliphatic heterocycles. The van der Waals surface area contributed by atoms with Crippen molar-refractivity contribution in [3.05, 3.63) is 0 Å². The minimum atomic E-state index is -4.11. The normalized spacial score (nSPS) is 12.9. The van der Waals surface area contributed by atoms with Crippen LogP contribution >= 0.6 is 24.0 Å². The largest absolute Gasteiger partial charge is 0.444 e. The van der Waals surface area contributed by atoms with Gasteiger partial charge in [0.1, 0.15) is 5.60 Å². The van der Waals surface area contributed by atoms with Gasteiger partial charge in [0, 0.05) is 26.6 Å². The molecule has 0 unspecified atom stereocenters. The van der Waals surface area contributed by atoms with E-state index in [0.717, 1.165) is 0 Å². The molecule has 26 heavy (non-hydrogen) atoms. The molecule has 0 spiro atoms. The van der Waals surface area contributed by atoms with E-state index in [0.29, 0.717) is 25.5 Å². The molecule has 0 bridgehead atoms. The van der Waals surface area contributed by atoms with Gasteiger partial charge in [-0.2, -0.15) is 13.2 Å². The fourth-order valence-corrected chi connectivity index (χ4v) is 1.81. The van der Waals surface area contributed by atoms with Gasteiger partial charge in [-0.25, -0.2) is 4.79 Å². The van der Waals surface area contributed by atoms with E-state index in [1.807, 2.05) is 13.8 Å². The van der Waals surface area contributed by atoms with Crippen molar-refractivity contribution in [1.29, 1.82) is 0 Å². The number of unbranched alkanes of at least 4 members (excludes halogenated alkanes) is 1. The van der Waals surface area contributed by atoms with Gasteiger partial charge in [-0.05, 0) is 47.5 Å². The van der Waals surface area contributed by atoms with Crippen molar-refractivity contribution in [2.24, 2.45) is 4.99 Å². The number of halogens is 4. The summed E-state index contributed by atoms with van der Waals surface area (Å²) in [5.41, 5.74) is -1.18. The molecule has 6 nitrogen and oxygen atoms in total. The monoisotopic (exact) mass is 496 g/mol. The third kappa shape index (κ3) is 16.5. The first-order valence-electron chi connectivity index (χ1n) is 8.26. The molecule has 0 aromatic heterocycles. The Labute approximate surface area is 171 Å². The molecule has 0 aliphatic carbocycles. The highest BCUT2D eigenvalue weighted by Crippen LogP contribution is 2.21. The molecule has 0 aromatic carbocycles. The Balaban J connectivity index is 0. The number of rotatable bonds is 7. The fourth-order valence-electron chi connectivity index (χ4n) is 1.81. The van der Waals surface area contributed by atoms with E-state index < -0.39 is 29.8 Å². The van der Waals surface area contributed by atoms with Crippen LogP contribution in [0.25, 0.3) is 0 Å². The second-order valence-electron chi connectivity index (χ2n) is 7.44. The number of carbonyl (C=O) groups excluding carboxylic acids is 1. The zero-order valence-corrected chi connectivity index (χ0v) is 18.7. The predicted molar refractivity (Wildman–Crippen MR) is 108 cm³/mol. The van der Waals surface area contributed by atoms with Gasteiger partial charge in [0.15, 0.2) is 5.96 Å². The Hall–Kier alpha value is -0.940. The smallest absolute Gasteiger partial charge is 0.408 e. The Bertz CT molecular complexity index is 450. The first-order valence-corrected chi connectivity index (χ1v) is 8.26. The van der Waals surface area contributed by atoms with Crippen LogP contribution in [0.5, 0.6) is 0 Å². The first-order chi connectivity index (χ1) is 11.2. The number of nitrogens with one attached hydrogen (secondary N) is 3. The van der Waals surface area contributed by atoms with Crippen LogP contribution in [0, 0.1) is 0 Å². The second kappa shape index (κ2) is 11.7. The lowest BCUT2D eigenvalue weighted by atomic mass is 10.1. The number of hydrogen-bond acceptors (Lipinski definition) is 3. The maximum Gasteiger partial charge on any atom is 0.408 e. The Kier molecular flexibility index (Phi) is 12.3. The predicted octanol–water partition coefficient (Wildman–Crippen LogP) is 3.81. The average Bonchev–Trinajstić information content (AvgIpc) is 2.37. The van der Waals surface area contributed by atoms with E-state index in [1.165, 1.54) is 0 Å². The second-order valence-corrected chi connectivity index (χ2v) is 7.44. The zero-order valence-electron chi connectivity index (χ0n) is 16.3. The molecule has 0 atom stereocenters. The molecule has 0 saturated heterocycles. The van der Waals surface area contributed by atoms with E-state index in [-0.39, 0.29) is 30.4 Å². The lowest BCUT2D eigenvalue weighted by Gasteiger charge is -2.29. The minimum Gasteiger partial charge on any atom is -0.444 e.